The van der Waals surface area contributed by atoms with Crippen LogP contribution in [-0.2, 0) is 4.79 Å². The van der Waals surface area contributed by atoms with E-state index in [0.717, 1.165) is 4.91 Å². The van der Waals surface area contributed by atoms with Crippen LogP contribution >= 0.6 is 35.3 Å². The lowest BCUT2D eigenvalue weighted by atomic mass is 10.5. The minimum absolute atomic E-state index is 0.139. The second kappa shape index (κ2) is 3.13. The van der Waals surface area contributed by atoms with Crippen LogP contribution in [0.3, 0.4) is 0 Å². The van der Waals surface area contributed by atoms with Crippen LogP contribution < -0.4 is 0 Å². The fourth-order valence-electron chi connectivity index (χ4n) is 0.753. The van der Waals surface area contributed by atoms with E-state index < -0.39 is 0 Å². The van der Waals surface area contributed by atoms with Crippen molar-refractivity contribution < 1.29 is 4.79 Å². The summed E-state index contributed by atoms with van der Waals surface area (Å²) in [6.07, 6.45) is 3.50. The Morgan fingerprint density at radius 1 is 1.09 bits per heavy atom. The molecule has 0 fully saturated rings. The molecule has 4 heteroatoms. The zero-order valence-electron chi connectivity index (χ0n) is 5.44. The lowest BCUT2D eigenvalue weighted by molar-refractivity contribution is -0.106. The first-order chi connectivity index (χ1) is 5.36. The van der Waals surface area contributed by atoms with Crippen molar-refractivity contribution in [1.29, 1.82) is 0 Å². The van der Waals surface area contributed by atoms with E-state index in [4.69, 9.17) is 0 Å². The van der Waals surface area contributed by atoms with E-state index in [9.17, 15) is 4.79 Å². The minimum Gasteiger partial charge on any atom is -0.282 e. The maximum absolute atomic E-state index is 10.8. The summed E-state index contributed by atoms with van der Waals surface area (Å²) in [4.78, 5) is 11.9. The molecule has 0 atom stereocenters. The standard InChI is InChI=1S/C7H4OS3/c8-6-2-1-5(11-6)7-9-3-4-10-7/h1-4H. The Kier molecular flexibility index (Phi) is 2.16. The second-order valence-corrected chi connectivity index (χ2v) is 5.05. The predicted octanol–water partition coefficient (Wildman–Crippen LogP) is 2.94. The van der Waals surface area contributed by atoms with Crippen LogP contribution in [0.15, 0.2) is 32.1 Å². The Hall–Kier alpha value is -0.0600. The molecule has 0 aromatic heterocycles. The first-order valence-corrected chi connectivity index (χ1v) is 5.56. The molecule has 0 aromatic rings. The summed E-state index contributed by atoms with van der Waals surface area (Å²) < 4.78 is 1.22. The van der Waals surface area contributed by atoms with Crippen LogP contribution in [0, 0.1) is 0 Å². The monoisotopic (exact) mass is 200 g/mol. The van der Waals surface area contributed by atoms with Crippen molar-refractivity contribution in [2.75, 3.05) is 0 Å². The molecule has 1 nitrogen and oxygen atoms in total. The Bertz CT molecular complexity index is 278. The van der Waals surface area contributed by atoms with Crippen molar-refractivity contribution in [3.8, 4) is 0 Å². The Balaban J connectivity index is 2.22. The van der Waals surface area contributed by atoms with Crippen molar-refractivity contribution in [2.45, 2.75) is 0 Å². The summed E-state index contributed by atoms with van der Waals surface area (Å²) in [5, 5.41) is 4.20. The van der Waals surface area contributed by atoms with Gasteiger partial charge in [0, 0.05) is 4.91 Å². The molecule has 56 valence electrons. The molecule has 0 unspecified atom stereocenters. The fraction of sp³-hybridized carbons (Fsp3) is 0. The average molecular weight is 200 g/mol. The first kappa shape index (κ1) is 7.58. The molecule has 0 amide bonds. The van der Waals surface area contributed by atoms with Gasteiger partial charge in [-0.25, -0.2) is 0 Å². The summed E-state index contributed by atoms with van der Waals surface area (Å²) in [5.74, 6) is 0. The lowest BCUT2D eigenvalue weighted by Crippen LogP contribution is -1.74. The van der Waals surface area contributed by atoms with Gasteiger partial charge < -0.3 is 0 Å². The van der Waals surface area contributed by atoms with Crippen LogP contribution in [-0.4, -0.2) is 5.12 Å². The summed E-state index contributed by atoms with van der Waals surface area (Å²) in [7, 11) is 0. The SMILES string of the molecule is O=C1C=CC(=C2SC=CS2)S1. The molecule has 0 bridgehead atoms. The first-order valence-electron chi connectivity index (χ1n) is 2.99. The van der Waals surface area contributed by atoms with Gasteiger partial charge in [-0.3, -0.25) is 4.79 Å². The summed E-state index contributed by atoms with van der Waals surface area (Å²) in [6, 6.07) is 0. The minimum atomic E-state index is 0.139. The molecule has 0 radical (unpaired) electrons. The highest BCUT2D eigenvalue weighted by Crippen LogP contribution is 2.44. The van der Waals surface area contributed by atoms with Gasteiger partial charge >= 0.3 is 0 Å². The zero-order valence-corrected chi connectivity index (χ0v) is 7.89. The molecule has 2 rings (SSSR count). The third-order valence-electron chi connectivity index (χ3n) is 1.19. The van der Waals surface area contributed by atoms with Crippen LogP contribution in [0.1, 0.15) is 0 Å². The van der Waals surface area contributed by atoms with Crippen LogP contribution in [0.2, 0.25) is 0 Å². The number of rotatable bonds is 0. The number of hydrogen-bond acceptors (Lipinski definition) is 4. The number of thioether (sulfide) groups is 3. The van der Waals surface area contributed by atoms with Gasteiger partial charge in [0.2, 0.25) is 5.12 Å². The molecule has 0 saturated heterocycles. The third kappa shape index (κ3) is 1.58. The normalized spacial score (nSPS) is 22.4. The molecule has 2 heterocycles. The van der Waals surface area contributed by atoms with Crippen molar-refractivity contribution in [3.05, 3.63) is 32.1 Å². The Morgan fingerprint density at radius 2 is 1.82 bits per heavy atom. The van der Waals surface area contributed by atoms with Gasteiger partial charge in [0.1, 0.15) is 0 Å². The molecule has 0 aromatic carbocycles. The van der Waals surface area contributed by atoms with Crippen LogP contribution in [0.4, 0.5) is 0 Å². The van der Waals surface area contributed by atoms with E-state index in [1.165, 1.54) is 16.0 Å². The van der Waals surface area contributed by atoms with Gasteiger partial charge in [0.25, 0.3) is 0 Å². The number of carbonyl (C=O) groups is 1. The van der Waals surface area contributed by atoms with E-state index >= 15 is 0 Å². The van der Waals surface area contributed by atoms with Gasteiger partial charge in [-0.05, 0) is 34.7 Å². The van der Waals surface area contributed by atoms with Crippen LogP contribution in [0.25, 0.3) is 0 Å². The molecule has 0 spiro atoms. The van der Waals surface area contributed by atoms with E-state index in [1.807, 2.05) is 16.9 Å². The largest absolute Gasteiger partial charge is 0.282 e. The van der Waals surface area contributed by atoms with E-state index in [0.29, 0.717) is 0 Å². The van der Waals surface area contributed by atoms with Crippen LogP contribution in [0.5, 0.6) is 0 Å². The van der Waals surface area contributed by atoms with Gasteiger partial charge in [-0.2, -0.15) is 0 Å². The van der Waals surface area contributed by atoms with Crippen molar-refractivity contribution in [3.63, 3.8) is 0 Å². The molecular formula is C7H4OS3. The number of hydrogen-bond donors (Lipinski definition) is 0. The Labute approximate surface area is 77.4 Å². The number of carbonyl (C=O) groups excluding carboxylic acids is 1. The van der Waals surface area contributed by atoms with Crippen molar-refractivity contribution in [1.82, 2.24) is 0 Å². The summed E-state index contributed by atoms with van der Waals surface area (Å²) in [6.45, 7) is 0. The average Bonchev–Trinajstić information content (AvgIpc) is 2.55. The van der Waals surface area contributed by atoms with Gasteiger partial charge in [-0.15, -0.1) is 0 Å². The quantitative estimate of drug-likeness (QED) is 0.597. The second-order valence-electron chi connectivity index (χ2n) is 1.91. The molecule has 2 aliphatic rings. The summed E-state index contributed by atoms with van der Waals surface area (Å²) in [5.41, 5.74) is 0. The molecule has 2 aliphatic heterocycles. The molecule has 0 saturated carbocycles. The number of allylic oxidation sites excluding steroid dienone is 1. The zero-order chi connectivity index (χ0) is 7.68. The molecule has 0 aliphatic carbocycles. The smallest absolute Gasteiger partial charge is 0.216 e. The third-order valence-corrected chi connectivity index (χ3v) is 4.51. The maximum Gasteiger partial charge on any atom is 0.216 e. The highest BCUT2D eigenvalue weighted by atomic mass is 32.2. The van der Waals surface area contributed by atoms with E-state index in [1.54, 1.807) is 29.6 Å². The highest BCUT2D eigenvalue weighted by Gasteiger charge is 2.15. The predicted molar refractivity (Wildman–Crippen MR) is 53.1 cm³/mol. The lowest BCUT2D eigenvalue weighted by Gasteiger charge is -1.95. The summed E-state index contributed by atoms with van der Waals surface area (Å²) >= 11 is 4.67. The van der Waals surface area contributed by atoms with Gasteiger partial charge in [0.05, 0.1) is 4.24 Å². The molecule has 0 N–H and O–H groups in total. The molecular weight excluding hydrogens is 196 g/mol. The van der Waals surface area contributed by atoms with E-state index in [-0.39, 0.29) is 5.12 Å². The van der Waals surface area contributed by atoms with Crippen molar-refractivity contribution >= 4 is 40.4 Å². The highest BCUT2D eigenvalue weighted by molar-refractivity contribution is 8.29. The maximum atomic E-state index is 10.8. The Morgan fingerprint density at radius 3 is 2.36 bits per heavy atom. The fourth-order valence-corrected chi connectivity index (χ4v) is 3.48. The molecule has 11 heavy (non-hydrogen) atoms. The topological polar surface area (TPSA) is 17.1 Å². The van der Waals surface area contributed by atoms with Gasteiger partial charge in [-0.1, -0.05) is 23.5 Å². The van der Waals surface area contributed by atoms with E-state index in [2.05, 4.69) is 0 Å². The van der Waals surface area contributed by atoms with Crippen molar-refractivity contribution in [2.24, 2.45) is 0 Å². The van der Waals surface area contributed by atoms with Gasteiger partial charge in [0.15, 0.2) is 0 Å².